The predicted molar refractivity (Wildman–Crippen MR) is 170 cm³/mol. The highest BCUT2D eigenvalue weighted by Crippen LogP contribution is 2.24. The Bertz CT molecular complexity index is 1210. The fourth-order valence-corrected chi connectivity index (χ4v) is 3.67. The zero-order valence-electron chi connectivity index (χ0n) is 25.1. The number of hydrogen-bond acceptors (Lipinski definition) is 5. The summed E-state index contributed by atoms with van der Waals surface area (Å²) < 4.78 is 6.08. The molecule has 0 radical (unpaired) electrons. The summed E-state index contributed by atoms with van der Waals surface area (Å²) in [6.45, 7) is 20.7. The second-order valence-corrected chi connectivity index (χ2v) is 9.48. The topological polar surface area (TPSA) is 66.2 Å². The Labute approximate surface area is 236 Å². The van der Waals surface area contributed by atoms with E-state index in [2.05, 4.69) is 87.7 Å². The Balaban J connectivity index is 0.000000646. The third kappa shape index (κ3) is 13.5. The maximum Gasteiger partial charge on any atom is 0.120 e. The number of benzene rings is 2. The molecule has 0 fully saturated rings. The molecule has 0 aliphatic carbocycles. The highest BCUT2D eigenvalue weighted by atomic mass is 16.5. The van der Waals surface area contributed by atoms with E-state index in [1.54, 1.807) is 13.1 Å². The van der Waals surface area contributed by atoms with Crippen molar-refractivity contribution in [1.29, 1.82) is 0 Å². The van der Waals surface area contributed by atoms with Gasteiger partial charge >= 0.3 is 0 Å². The van der Waals surface area contributed by atoms with Crippen molar-refractivity contribution in [3.8, 4) is 5.75 Å². The molecule has 0 unspecified atom stereocenters. The summed E-state index contributed by atoms with van der Waals surface area (Å²) in [5.41, 5.74) is 8.68. The average molecular weight is 530 g/mol. The molecule has 0 atom stereocenters. The van der Waals surface area contributed by atoms with Gasteiger partial charge in [0, 0.05) is 35.1 Å². The van der Waals surface area contributed by atoms with Gasteiger partial charge in [0.1, 0.15) is 18.1 Å². The first-order valence-corrected chi connectivity index (χ1v) is 13.6. The number of hydrogen-bond donors (Lipinski definition) is 2. The number of aryl methyl sites for hydroxylation is 2. The van der Waals surface area contributed by atoms with Crippen LogP contribution in [0.15, 0.2) is 94.0 Å². The molecule has 2 aromatic carbocycles. The molecule has 39 heavy (non-hydrogen) atoms. The molecule has 210 valence electrons. The smallest absolute Gasteiger partial charge is 0.120 e. The van der Waals surface area contributed by atoms with Crippen molar-refractivity contribution in [2.24, 2.45) is 9.98 Å². The van der Waals surface area contributed by atoms with Gasteiger partial charge in [0.15, 0.2) is 0 Å². The monoisotopic (exact) mass is 529 g/mol. The van der Waals surface area contributed by atoms with Crippen molar-refractivity contribution >= 4 is 18.1 Å². The molecular weight excluding hydrogens is 482 g/mol. The number of aliphatic hydroxyl groups is 1. The third-order valence-electron chi connectivity index (χ3n) is 5.78. The predicted octanol–water partition coefficient (Wildman–Crippen LogP) is 9.40. The van der Waals surface area contributed by atoms with Gasteiger partial charge in [-0.1, -0.05) is 62.8 Å². The van der Waals surface area contributed by atoms with E-state index in [0.29, 0.717) is 12.3 Å². The number of ether oxygens (including phenoxy) is 1. The van der Waals surface area contributed by atoms with Gasteiger partial charge in [0.2, 0.25) is 0 Å². The molecular formula is C34H47N3O2. The van der Waals surface area contributed by atoms with Gasteiger partial charge in [0.25, 0.3) is 0 Å². The Morgan fingerprint density at radius 1 is 1.08 bits per heavy atom. The molecule has 0 saturated heterocycles. The molecule has 0 aliphatic heterocycles. The number of rotatable bonds is 12. The van der Waals surface area contributed by atoms with Gasteiger partial charge in [0.05, 0.1) is 6.20 Å². The van der Waals surface area contributed by atoms with E-state index in [1.165, 1.54) is 41.4 Å². The van der Waals surface area contributed by atoms with Crippen molar-refractivity contribution in [2.45, 2.75) is 81.3 Å². The van der Waals surface area contributed by atoms with E-state index in [4.69, 9.17) is 4.74 Å². The molecule has 0 heterocycles. The first-order valence-electron chi connectivity index (χ1n) is 13.6. The van der Waals surface area contributed by atoms with Crippen LogP contribution >= 0.6 is 0 Å². The van der Waals surface area contributed by atoms with Gasteiger partial charge in [-0.3, -0.25) is 9.98 Å². The molecule has 2 aromatic rings. The lowest BCUT2D eigenvalue weighted by molar-refractivity contribution is 0.305. The van der Waals surface area contributed by atoms with Crippen molar-refractivity contribution < 1.29 is 9.84 Å². The fraction of sp³-hybridized carbons (Fsp3) is 0.353. The summed E-state index contributed by atoms with van der Waals surface area (Å²) in [6, 6.07) is 14.4. The Morgan fingerprint density at radius 2 is 1.79 bits per heavy atom. The van der Waals surface area contributed by atoms with Gasteiger partial charge in [-0.15, -0.1) is 0 Å². The van der Waals surface area contributed by atoms with Crippen LogP contribution in [-0.2, 0) is 6.61 Å². The first kappa shape index (κ1) is 33.2. The summed E-state index contributed by atoms with van der Waals surface area (Å²) >= 11 is 0. The number of nitrogens with zero attached hydrogens (tertiary/aromatic N) is 2. The summed E-state index contributed by atoms with van der Waals surface area (Å²) in [7, 11) is 0. The molecule has 0 amide bonds. The molecule has 0 bridgehead atoms. The molecule has 2 rings (SSSR count). The number of aliphatic imine (C=N–C) groups is 2. The van der Waals surface area contributed by atoms with Gasteiger partial charge in [-0.05, 0) is 89.3 Å². The lowest BCUT2D eigenvalue weighted by Crippen LogP contribution is -2.12. The summed E-state index contributed by atoms with van der Waals surface area (Å²) in [4.78, 5) is 8.23. The van der Waals surface area contributed by atoms with Crippen LogP contribution in [0.3, 0.4) is 0 Å². The van der Waals surface area contributed by atoms with E-state index in [1.807, 2.05) is 37.4 Å². The highest BCUT2D eigenvalue weighted by Gasteiger charge is 2.07. The Kier molecular flexibility index (Phi) is 15.6. The van der Waals surface area contributed by atoms with E-state index in [0.717, 1.165) is 29.0 Å². The quantitative estimate of drug-likeness (QED) is 0.213. The van der Waals surface area contributed by atoms with Crippen LogP contribution < -0.4 is 10.1 Å². The molecule has 0 aromatic heterocycles. The molecule has 5 heteroatoms. The van der Waals surface area contributed by atoms with Gasteiger partial charge in [-0.25, -0.2) is 0 Å². The molecule has 0 spiro atoms. The summed E-state index contributed by atoms with van der Waals surface area (Å²) in [6.07, 6.45) is 10.1. The molecule has 0 saturated carbocycles. The molecule has 2 N–H and O–H groups in total. The van der Waals surface area contributed by atoms with E-state index < -0.39 is 0 Å². The maximum atomic E-state index is 9.19. The lowest BCUT2D eigenvalue weighted by Gasteiger charge is -2.15. The fourth-order valence-electron chi connectivity index (χ4n) is 3.67. The van der Waals surface area contributed by atoms with Crippen LogP contribution in [0.5, 0.6) is 5.75 Å². The van der Waals surface area contributed by atoms with Crippen LogP contribution in [0.4, 0.5) is 0 Å². The zero-order chi connectivity index (χ0) is 29.2. The SMILES string of the molecule is C=C(C=N/C=C(\C)O)N/C(=C/CC)c1cc(C)cc(OCc2ccccc2C)c1.CC=N/C(C)=C(\C)CCC. The molecule has 5 nitrogen and oxygen atoms in total. The van der Waals surface area contributed by atoms with E-state index in [-0.39, 0.29) is 5.76 Å². The van der Waals surface area contributed by atoms with E-state index >= 15 is 0 Å². The highest BCUT2D eigenvalue weighted by molar-refractivity contribution is 5.82. The zero-order valence-corrected chi connectivity index (χ0v) is 25.1. The van der Waals surface area contributed by atoms with Crippen LogP contribution in [-0.4, -0.2) is 17.5 Å². The average Bonchev–Trinajstić information content (AvgIpc) is 2.88. The summed E-state index contributed by atoms with van der Waals surface area (Å²) in [5, 5.41) is 12.5. The second kappa shape index (κ2) is 18.4. The van der Waals surface area contributed by atoms with Crippen LogP contribution in [0.2, 0.25) is 0 Å². The Morgan fingerprint density at radius 3 is 2.41 bits per heavy atom. The van der Waals surface area contributed by atoms with Crippen LogP contribution in [0.1, 0.15) is 83.1 Å². The summed E-state index contributed by atoms with van der Waals surface area (Å²) in [5.74, 6) is 0.970. The number of nitrogens with one attached hydrogen (secondary N) is 1. The largest absolute Gasteiger partial charge is 0.511 e. The normalized spacial score (nSPS) is 12.7. The number of allylic oxidation sites excluding steroid dienone is 5. The minimum atomic E-state index is 0.146. The minimum Gasteiger partial charge on any atom is -0.511 e. The van der Waals surface area contributed by atoms with Crippen molar-refractivity contribution in [1.82, 2.24) is 5.32 Å². The lowest BCUT2D eigenvalue weighted by atomic mass is 10.1. The van der Waals surface area contributed by atoms with Crippen molar-refractivity contribution in [2.75, 3.05) is 0 Å². The molecule has 0 aliphatic rings. The maximum absolute atomic E-state index is 9.19. The standard InChI is InChI=1S/C25H30N2O2.C9H17N/c1-6-9-25(27-20(4)15-26-16-21(5)28)23-12-18(2)13-24(14-23)29-17-22-11-8-7-10-19(22)3;1-5-7-8(3)9(4)10-6-2/h7-16,27-28H,4,6,17H2,1-3,5H3;6H,5,7H2,1-4H3/b21-16+,25-9+,26-15?;9-8+,10-6?. The Hall–Kier alpha value is -3.86. The minimum absolute atomic E-state index is 0.146. The van der Waals surface area contributed by atoms with Crippen molar-refractivity contribution in [3.63, 3.8) is 0 Å². The van der Waals surface area contributed by atoms with Crippen LogP contribution in [0.25, 0.3) is 5.70 Å². The first-order chi connectivity index (χ1) is 18.6. The number of aliphatic hydroxyl groups excluding tert-OH is 1. The second-order valence-electron chi connectivity index (χ2n) is 9.48. The van der Waals surface area contributed by atoms with Gasteiger partial charge in [-0.2, -0.15) is 0 Å². The van der Waals surface area contributed by atoms with Gasteiger partial charge < -0.3 is 15.2 Å². The van der Waals surface area contributed by atoms with Crippen LogP contribution in [0, 0.1) is 13.8 Å². The van der Waals surface area contributed by atoms with E-state index in [9.17, 15) is 5.11 Å². The van der Waals surface area contributed by atoms with Crippen molar-refractivity contribution in [3.05, 3.63) is 106 Å². The third-order valence-corrected chi connectivity index (χ3v) is 5.78.